The standard InChI is InChI=1S/C21H30O3/c1-5-17(22)9-8-16-13-19(23)18-10-12-21(4,24-20(18)14-16)11-6-7-15(2)3/h7,10,12-14,17,22-23H,5-6,8-9,11H2,1-4H3. The minimum atomic E-state index is -0.354. The smallest absolute Gasteiger partial charge is 0.131 e. The van der Waals surface area contributed by atoms with E-state index in [4.69, 9.17) is 4.74 Å². The fraction of sp³-hybridized carbons (Fsp3) is 0.524. The van der Waals surface area contributed by atoms with Crippen LogP contribution in [0, 0.1) is 0 Å². The van der Waals surface area contributed by atoms with Gasteiger partial charge in [0.15, 0.2) is 0 Å². The Morgan fingerprint density at radius 2 is 2.08 bits per heavy atom. The maximum absolute atomic E-state index is 10.3. The second kappa shape index (κ2) is 7.89. The molecule has 0 radical (unpaired) electrons. The summed E-state index contributed by atoms with van der Waals surface area (Å²) in [6.45, 7) is 8.26. The molecule has 3 nitrogen and oxygen atoms in total. The van der Waals surface area contributed by atoms with Crippen molar-refractivity contribution in [2.45, 2.75) is 71.5 Å². The van der Waals surface area contributed by atoms with Gasteiger partial charge in [0.25, 0.3) is 0 Å². The summed E-state index contributed by atoms with van der Waals surface area (Å²) in [7, 11) is 0. The zero-order valence-electron chi connectivity index (χ0n) is 15.3. The number of phenolic OH excluding ortho intramolecular Hbond substituents is 1. The van der Waals surface area contributed by atoms with Crippen LogP contribution in [0.3, 0.4) is 0 Å². The van der Waals surface area contributed by atoms with Gasteiger partial charge in [-0.25, -0.2) is 0 Å². The average molecular weight is 330 g/mol. The van der Waals surface area contributed by atoms with E-state index in [-0.39, 0.29) is 17.5 Å². The van der Waals surface area contributed by atoms with Crippen LogP contribution in [0.2, 0.25) is 0 Å². The highest BCUT2D eigenvalue weighted by atomic mass is 16.5. The van der Waals surface area contributed by atoms with Crippen LogP contribution >= 0.6 is 0 Å². The number of hydrogen-bond acceptors (Lipinski definition) is 3. The summed E-state index contributed by atoms with van der Waals surface area (Å²) in [6, 6.07) is 3.78. The Morgan fingerprint density at radius 3 is 2.75 bits per heavy atom. The zero-order valence-corrected chi connectivity index (χ0v) is 15.3. The zero-order chi connectivity index (χ0) is 17.7. The summed E-state index contributed by atoms with van der Waals surface area (Å²) in [5.41, 5.74) is 2.70. The number of benzene rings is 1. The van der Waals surface area contributed by atoms with E-state index in [1.54, 1.807) is 6.07 Å². The number of phenols is 1. The van der Waals surface area contributed by atoms with Gasteiger partial charge in [-0.05, 0) is 82.7 Å². The molecule has 1 aromatic rings. The summed E-state index contributed by atoms with van der Waals surface area (Å²) in [6.07, 6.45) is 9.96. The molecular formula is C21H30O3. The molecule has 0 aromatic heterocycles. The van der Waals surface area contributed by atoms with Crippen molar-refractivity contribution in [3.05, 3.63) is 41.0 Å². The lowest BCUT2D eigenvalue weighted by atomic mass is 9.93. The lowest BCUT2D eigenvalue weighted by Crippen LogP contribution is -2.31. The highest BCUT2D eigenvalue weighted by molar-refractivity contribution is 5.67. The predicted molar refractivity (Wildman–Crippen MR) is 99.5 cm³/mol. The molecule has 3 heteroatoms. The molecule has 0 saturated carbocycles. The molecule has 2 atom stereocenters. The number of aliphatic hydroxyl groups is 1. The van der Waals surface area contributed by atoms with Gasteiger partial charge in [-0.2, -0.15) is 0 Å². The van der Waals surface area contributed by atoms with Crippen molar-refractivity contribution in [2.75, 3.05) is 0 Å². The van der Waals surface area contributed by atoms with Crippen LogP contribution in [-0.2, 0) is 6.42 Å². The molecule has 0 spiro atoms. The molecule has 0 amide bonds. The van der Waals surface area contributed by atoms with E-state index >= 15 is 0 Å². The van der Waals surface area contributed by atoms with Gasteiger partial charge in [-0.1, -0.05) is 18.6 Å². The van der Waals surface area contributed by atoms with Gasteiger partial charge >= 0.3 is 0 Å². The van der Waals surface area contributed by atoms with Crippen molar-refractivity contribution < 1.29 is 14.9 Å². The van der Waals surface area contributed by atoms with Crippen LogP contribution in [-0.4, -0.2) is 21.9 Å². The highest BCUT2D eigenvalue weighted by Crippen LogP contribution is 2.39. The maximum Gasteiger partial charge on any atom is 0.131 e. The number of aliphatic hydroxyl groups excluding tert-OH is 1. The van der Waals surface area contributed by atoms with Crippen molar-refractivity contribution in [1.29, 1.82) is 0 Å². The van der Waals surface area contributed by atoms with E-state index in [1.807, 2.05) is 25.1 Å². The number of ether oxygens (including phenoxy) is 1. The number of allylic oxidation sites excluding steroid dienone is 2. The Morgan fingerprint density at radius 1 is 1.33 bits per heavy atom. The first-order valence-corrected chi connectivity index (χ1v) is 8.88. The summed E-state index contributed by atoms with van der Waals surface area (Å²) in [4.78, 5) is 0. The highest BCUT2D eigenvalue weighted by Gasteiger charge is 2.28. The Labute approximate surface area is 145 Å². The van der Waals surface area contributed by atoms with Gasteiger partial charge in [0, 0.05) is 0 Å². The second-order valence-electron chi connectivity index (χ2n) is 7.20. The molecule has 24 heavy (non-hydrogen) atoms. The molecule has 1 heterocycles. The lowest BCUT2D eigenvalue weighted by Gasteiger charge is -2.32. The topological polar surface area (TPSA) is 49.7 Å². The van der Waals surface area contributed by atoms with Crippen molar-refractivity contribution in [3.63, 3.8) is 0 Å². The summed E-state index contributed by atoms with van der Waals surface area (Å²) < 4.78 is 6.22. The molecule has 0 aliphatic carbocycles. The summed E-state index contributed by atoms with van der Waals surface area (Å²) in [5, 5.41) is 20.0. The van der Waals surface area contributed by atoms with Crippen LogP contribution in [0.4, 0.5) is 0 Å². The van der Waals surface area contributed by atoms with Crippen molar-refractivity contribution in [2.24, 2.45) is 0 Å². The maximum atomic E-state index is 10.3. The van der Waals surface area contributed by atoms with Gasteiger partial charge in [-0.15, -0.1) is 0 Å². The fourth-order valence-electron chi connectivity index (χ4n) is 2.93. The SMILES string of the molecule is CCC(O)CCc1cc(O)c2c(c1)OC(C)(CCC=C(C)C)C=C2. The van der Waals surface area contributed by atoms with E-state index in [9.17, 15) is 10.2 Å². The minimum Gasteiger partial charge on any atom is -0.507 e. The Kier molecular flexibility index (Phi) is 6.11. The molecule has 2 unspecified atom stereocenters. The first-order chi connectivity index (χ1) is 11.3. The van der Waals surface area contributed by atoms with Crippen LogP contribution in [0.15, 0.2) is 29.9 Å². The van der Waals surface area contributed by atoms with E-state index in [2.05, 4.69) is 26.8 Å². The van der Waals surface area contributed by atoms with Crippen molar-refractivity contribution >= 4 is 6.08 Å². The van der Waals surface area contributed by atoms with Crippen molar-refractivity contribution in [3.8, 4) is 11.5 Å². The number of hydrogen-bond donors (Lipinski definition) is 2. The number of fused-ring (bicyclic) bond motifs is 1. The molecule has 1 aromatic carbocycles. The van der Waals surface area contributed by atoms with Gasteiger partial charge in [0.05, 0.1) is 11.7 Å². The van der Waals surface area contributed by atoms with E-state index in [0.29, 0.717) is 6.42 Å². The van der Waals surface area contributed by atoms with Gasteiger partial charge in [0.2, 0.25) is 0 Å². The first-order valence-electron chi connectivity index (χ1n) is 8.88. The third kappa shape index (κ3) is 4.88. The van der Waals surface area contributed by atoms with Crippen LogP contribution in [0.5, 0.6) is 11.5 Å². The monoisotopic (exact) mass is 330 g/mol. The molecule has 2 rings (SSSR count). The van der Waals surface area contributed by atoms with Gasteiger partial charge in [-0.3, -0.25) is 0 Å². The quantitative estimate of drug-likeness (QED) is 0.691. The number of rotatable bonds is 7. The Hall–Kier alpha value is -1.74. The van der Waals surface area contributed by atoms with Crippen LogP contribution in [0.1, 0.15) is 64.5 Å². The van der Waals surface area contributed by atoms with E-state index in [1.165, 1.54) is 5.57 Å². The molecule has 0 fully saturated rings. The third-order valence-corrected chi connectivity index (χ3v) is 4.56. The number of aromatic hydroxyl groups is 1. The van der Waals surface area contributed by atoms with E-state index < -0.39 is 0 Å². The van der Waals surface area contributed by atoms with Gasteiger partial charge in [0.1, 0.15) is 17.1 Å². The lowest BCUT2D eigenvalue weighted by molar-refractivity contribution is 0.128. The average Bonchev–Trinajstić information content (AvgIpc) is 2.51. The molecule has 132 valence electrons. The summed E-state index contributed by atoms with van der Waals surface area (Å²) >= 11 is 0. The Balaban J connectivity index is 2.14. The summed E-state index contributed by atoms with van der Waals surface area (Å²) in [5.74, 6) is 0.981. The Bertz CT molecular complexity index is 626. The molecule has 0 saturated heterocycles. The molecule has 0 bridgehead atoms. The van der Waals surface area contributed by atoms with Gasteiger partial charge < -0.3 is 14.9 Å². The third-order valence-electron chi connectivity index (χ3n) is 4.56. The minimum absolute atomic E-state index is 0.246. The first kappa shape index (κ1) is 18.6. The molecule has 2 N–H and O–H groups in total. The largest absolute Gasteiger partial charge is 0.507 e. The van der Waals surface area contributed by atoms with Crippen LogP contribution in [0.25, 0.3) is 6.08 Å². The van der Waals surface area contributed by atoms with E-state index in [0.717, 1.165) is 42.6 Å². The fourth-order valence-corrected chi connectivity index (χ4v) is 2.93. The molecular weight excluding hydrogens is 300 g/mol. The van der Waals surface area contributed by atoms with Crippen LogP contribution < -0.4 is 4.74 Å². The molecule has 1 aliphatic rings. The normalized spacial score (nSPS) is 20.2. The predicted octanol–water partition coefficient (Wildman–Crippen LogP) is 5.01. The second-order valence-corrected chi connectivity index (χ2v) is 7.20. The van der Waals surface area contributed by atoms with Crippen molar-refractivity contribution in [1.82, 2.24) is 0 Å². The molecule has 1 aliphatic heterocycles. The number of aryl methyl sites for hydroxylation is 1.